The molecular formula is C13H17N3O3. The van der Waals surface area contributed by atoms with Crippen LogP contribution in [0.15, 0.2) is 22.7 Å². The minimum atomic E-state index is -0.0161. The van der Waals surface area contributed by atoms with Gasteiger partial charge in [-0.1, -0.05) is 11.2 Å². The average Bonchev–Trinajstić information content (AvgIpc) is 2.85. The highest BCUT2D eigenvalue weighted by Crippen LogP contribution is 2.36. The van der Waals surface area contributed by atoms with Crippen molar-refractivity contribution in [2.75, 3.05) is 14.2 Å². The molecule has 1 heterocycles. The lowest BCUT2D eigenvalue weighted by Gasteiger charge is -2.09. The number of methoxy groups -OCH3 is 2. The molecule has 0 spiro atoms. The van der Waals surface area contributed by atoms with Gasteiger partial charge in [0.25, 0.3) is 5.89 Å². The second-order valence-electron chi connectivity index (χ2n) is 4.24. The van der Waals surface area contributed by atoms with Gasteiger partial charge in [-0.3, -0.25) is 0 Å². The van der Waals surface area contributed by atoms with E-state index in [0.717, 1.165) is 0 Å². The summed E-state index contributed by atoms with van der Waals surface area (Å²) in [6.45, 7) is 1.89. The largest absolute Gasteiger partial charge is 0.493 e. The van der Waals surface area contributed by atoms with Crippen LogP contribution in [0.1, 0.15) is 12.7 Å². The minimum absolute atomic E-state index is 0.0161. The highest BCUT2D eigenvalue weighted by molar-refractivity contribution is 5.67. The van der Waals surface area contributed by atoms with Crippen LogP contribution < -0.4 is 15.2 Å². The number of para-hydroxylation sites is 1. The number of ether oxygens (including phenoxy) is 2. The summed E-state index contributed by atoms with van der Waals surface area (Å²) < 4.78 is 15.8. The maximum absolute atomic E-state index is 5.71. The summed E-state index contributed by atoms with van der Waals surface area (Å²) in [5, 5.41) is 3.90. The number of nitrogens with two attached hydrogens (primary N) is 1. The predicted molar refractivity (Wildman–Crippen MR) is 70.2 cm³/mol. The molecule has 1 atom stereocenters. The number of nitrogens with zero attached hydrogens (tertiary/aromatic N) is 2. The molecule has 102 valence electrons. The number of hydrogen-bond donors (Lipinski definition) is 1. The van der Waals surface area contributed by atoms with Crippen molar-refractivity contribution in [2.24, 2.45) is 5.73 Å². The summed E-state index contributed by atoms with van der Waals surface area (Å²) in [7, 11) is 3.15. The van der Waals surface area contributed by atoms with Crippen LogP contribution in [0.4, 0.5) is 0 Å². The minimum Gasteiger partial charge on any atom is -0.493 e. The van der Waals surface area contributed by atoms with Crippen molar-refractivity contribution < 1.29 is 14.0 Å². The van der Waals surface area contributed by atoms with E-state index >= 15 is 0 Å². The standard InChI is InChI=1S/C13H17N3O3/c1-8(14)7-11-15-13(19-16-11)9-5-4-6-10(17-2)12(9)18-3/h4-6,8H,7,14H2,1-3H3. The highest BCUT2D eigenvalue weighted by Gasteiger charge is 2.17. The third-order valence-corrected chi connectivity index (χ3v) is 2.61. The van der Waals surface area contributed by atoms with Gasteiger partial charge in [-0.15, -0.1) is 0 Å². The fraction of sp³-hybridized carbons (Fsp3) is 0.385. The van der Waals surface area contributed by atoms with Gasteiger partial charge in [-0.2, -0.15) is 4.98 Å². The lowest BCUT2D eigenvalue weighted by Crippen LogP contribution is -2.18. The van der Waals surface area contributed by atoms with Gasteiger partial charge in [0, 0.05) is 12.5 Å². The van der Waals surface area contributed by atoms with Crippen molar-refractivity contribution in [3.63, 3.8) is 0 Å². The molecule has 1 unspecified atom stereocenters. The smallest absolute Gasteiger partial charge is 0.261 e. The predicted octanol–water partition coefficient (Wildman–Crippen LogP) is 1.64. The van der Waals surface area contributed by atoms with Crippen LogP contribution in [0.25, 0.3) is 11.5 Å². The Labute approximate surface area is 111 Å². The van der Waals surface area contributed by atoms with Gasteiger partial charge in [-0.05, 0) is 19.1 Å². The van der Waals surface area contributed by atoms with E-state index in [0.29, 0.717) is 35.2 Å². The molecule has 0 fully saturated rings. The van der Waals surface area contributed by atoms with E-state index in [1.807, 2.05) is 25.1 Å². The summed E-state index contributed by atoms with van der Waals surface area (Å²) in [5.41, 5.74) is 6.41. The molecule has 0 aliphatic heterocycles. The molecule has 2 rings (SSSR count). The van der Waals surface area contributed by atoms with E-state index in [-0.39, 0.29) is 6.04 Å². The first-order valence-electron chi connectivity index (χ1n) is 5.95. The van der Waals surface area contributed by atoms with Crippen molar-refractivity contribution in [1.29, 1.82) is 0 Å². The summed E-state index contributed by atoms with van der Waals surface area (Å²) in [5.74, 6) is 2.16. The van der Waals surface area contributed by atoms with E-state index < -0.39 is 0 Å². The Morgan fingerprint density at radius 2 is 2.11 bits per heavy atom. The van der Waals surface area contributed by atoms with E-state index in [9.17, 15) is 0 Å². The molecular weight excluding hydrogens is 246 g/mol. The van der Waals surface area contributed by atoms with Crippen LogP contribution in [0.5, 0.6) is 11.5 Å². The first kappa shape index (κ1) is 13.4. The Kier molecular flexibility index (Phi) is 4.01. The van der Waals surface area contributed by atoms with E-state index in [1.165, 1.54) is 0 Å². The summed E-state index contributed by atoms with van der Waals surface area (Å²) in [4.78, 5) is 4.31. The van der Waals surface area contributed by atoms with Gasteiger partial charge in [-0.25, -0.2) is 0 Å². The van der Waals surface area contributed by atoms with Crippen LogP contribution >= 0.6 is 0 Å². The van der Waals surface area contributed by atoms with Gasteiger partial charge < -0.3 is 19.7 Å². The zero-order valence-corrected chi connectivity index (χ0v) is 11.2. The van der Waals surface area contributed by atoms with Crippen LogP contribution in [0.2, 0.25) is 0 Å². The Bertz CT molecular complexity index is 552. The van der Waals surface area contributed by atoms with Crippen molar-refractivity contribution >= 4 is 0 Å². The van der Waals surface area contributed by atoms with Gasteiger partial charge in [0.1, 0.15) is 0 Å². The second kappa shape index (κ2) is 5.71. The zero-order valence-electron chi connectivity index (χ0n) is 11.2. The Hall–Kier alpha value is -2.08. The highest BCUT2D eigenvalue weighted by atomic mass is 16.5. The molecule has 0 saturated heterocycles. The number of rotatable bonds is 5. The van der Waals surface area contributed by atoms with Crippen LogP contribution in [0, 0.1) is 0 Å². The van der Waals surface area contributed by atoms with Gasteiger partial charge in [0.05, 0.1) is 19.8 Å². The van der Waals surface area contributed by atoms with Crippen molar-refractivity contribution in [3.8, 4) is 23.0 Å². The summed E-state index contributed by atoms with van der Waals surface area (Å²) >= 11 is 0. The SMILES string of the molecule is COc1cccc(-c2nc(CC(C)N)no2)c1OC. The Morgan fingerprint density at radius 1 is 1.32 bits per heavy atom. The fourth-order valence-electron chi connectivity index (χ4n) is 1.79. The normalized spacial score (nSPS) is 12.2. The molecule has 2 N–H and O–H groups in total. The van der Waals surface area contributed by atoms with Gasteiger partial charge in [0.15, 0.2) is 17.3 Å². The van der Waals surface area contributed by atoms with Crippen LogP contribution in [-0.4, -0.2) is 30.4 Å². The van der Waals surface area contributed by atoms with Crippen molar-refractivity contribution in [2.45, 2.75) is 19.4 Å². The second-order valence-corrected chi connectivity index (χ2v) is 4.24. The molecule has 0 aliphatic rings. The van der Waals surface area contributed by atoms with Gasteiger partial charge in [0.2, 0.25) is 0 Å². The molecule has 0 radical (unpaired) electrons. The quantitative estimate of drug-likeness (QED) is 0.883. The van der Waals surface area contributed by atoms with Crippen molar-refractivity contribution in [1.82, 2.24) is 10.1 Å². The third-order valence-electron chi connectivity index (χ3n) is 2.61. The molecule has 19 heavy (non-hydrogen) atoms. The topological polar surface area (TPSA) is 83.4 Å². The van der Waals surface area contributed by atoms with Crippen molar-refractivity contribution in [3.05, 3.63) is 24.0 Å². The first-order chi connectivity index (χ1) is 9.15. The summed E-state index contributed by atoms with van der Waals surface area (Å²) in [6, 6.07) is 5.47. The molecule has 6 nitrogen and oxygen atoms in total. The fourth-order valence-corrected chi connectivity index (χ4v) is 1.79. The zero-order chi connectivity index (χ0) is 13.8. The third kappa shape index (κ3) is 2.85. The van der Waals surface area contributed by atoms with Gasteiger partial charge >= 0.3 is 0 Å². The number of aromatic nitrogens is 2. The molecule has 1 aromatic heterocycles. The molecule has 0 amide bonds. The van der Waals surface area contributed by atoms with E-state index in [4.69, 9.17) is 19.7 Å². The molecule has 2 aromatic rings. The van der Waals surface area contributed by atoms with Crippen LogP contribution in [-0.2, 0) is 6.42 Å². The Balaban J connectivity index is 2.38. The maximum Gasteiger partial charge on any atom is 0.261 e. The lowest BCUT2D eigenvalue weighted by atomic mass is 10.2. The average molecular weight is 263 g/mol. The monoisotopic (exact) mass is 263 g/mol. The van der Waals surface area contributed by atoms with Crippen LogP contribution in [0.3, 0.4) is 0 Å². The maximum atomic E-state index is 5.71. The molecule has 0 saturated carbocycles. The number of hydrogen-bond acceptors (Lipinski definition) is 6. The lowest BCUT2D eigenvalue weighted by molar-refractivity contribution is 0.353. The van der Waals surface area contributed by atoms with E-state index in [1.54, 1.807) is 14.2 Å². The number of benzene rings is 1. The van der Waals surface area contributed by atoms with E-state index in [2.05, 4.69) is 10.1 Å². The molecule has 0 bridgehead atoms. The molecule has 6 heteroatoms. The molecule has 0 aliphatic carbocycles. The first-order valence-corrected chi connectivity index (χ1v) is 5.95. The summed E-state index contributed by atoms with van der Waals surface area (Å²) in [6.07, 6.45) is 0.565. The Morgan fingerprint density at radius 3 is 2.74 bits per heavy atom. The molecule has 1 aromatic carbocycles.